The molecule has 2 rings (SSSR count). The lowest BCUT2D eigenvalue weighted by Gasteiger charge is -2.11. The summed E-state index contributed by atoms with van der Waals surface area (Å²) in [5, 5.41) is 0.196. The van der Waals surface area contributed by atoms with Gasteiger partial charge in [-0.05, 0) is 24.3 Å². The number of benzene rings is 1. The summed E-state index contributed by atoms with van der Waals surface area (Å²) in [6.07, 6.45) is 0.366. The number of nitrogens with one attached hydrogen (secondary N) is 1. The van der Waals surface area contributed by atoms with Crippen LogP contribution < -0.4 is 4.72 Å². The van der Waals surface area contributed by atoms with Crippen LogP contribution in [-0.4, -0.2) is 38.4 Å². The maximum Gasteiger partial charge on any atom is 0.305 e. The van der Waals surface area contributed by atoms with Gasteiger partial charge in [-0.1, -0.05) is 34.8 Å². The first kappa shape index (κ1) is 23.7. The number of hydrogen-bond donors (Lipinski definition) is 1. The first-order valence-corrected chi connectivity index (χ1v) is 11.1. The number of ether oxygens (including phenoxy) is 1. The van der Waals surface area contributed by atoms with E-state index in [2.05, 4.69) is 9.46 Å². The molecule has 0 aliphatic rings. The highest BCUT2D eigenvalue weighted by atomic mass is 35.5. The highest BCUT2D eigenvalue weighted by Gasteiger charge is 2.20. The van der Waals surface area contributed by atoms with Gasteiger partial charge in [-0.2, -0.15) is 0 Å². The Morgan fingerprint density at radius 3 is 2.38 bits per heavy atom. The monoisotopic (exact) mass is 480 g/mol. The van der Waals surface area contributed by atoms with Crippen LogP contribution in [0.2, 0.25) is 15.1 Å². The third kappa shape index (κ3) is 5.96. The average Bonchev–Trinajstić information content (AvgIpc) is 3.02. The minimum atomic E-state index is -3.90. The summed E-state index contributed by atoms with van der Waals surface area (Å²) in [6.45, 7) is 0.0759. The Morgan fingerprint density at radius 1 is 1.07 bits per heavy atom. The van der Waals surface area contributed by atoms with Gasteiger partial charge in [0.15, 0.2) is 5.78 Å². The second-order valence-corrected chi connectivity index (χ2v) is 9.07. The molecule has 7 nitrogen and oxygen atoms in total. The zero-order chi connectivity index (χ0) is 21.8. The number of ketones is 1. The molecule has 1 heterocycles. The van der Waals surface area contributed by atoms with Gasteiger partial charge in [0, 0.05) is 32.1 Å². The third-order valence-electron chi connectivity index (χ3n) is 4.23. The molecule has 158 valence electrons. The molecule has 2 aromatic rings. The third-order valence-corrected chi connectivity index (χ3v) is 6.88. The lowest BCUT2D eigenvalue weighted by molar-refractivity contribution is -0.140. The fourth-order valence-electron chi connectivity index (χ4n) is 2.63. The Morgan fingerprint density at radius 2 is 1.72 bits per heavy atom. The van der Waals surface area contributed by atoms with E-state index >= 15 is 0 Å². The summed E-state index contributed by atoms with van der Waals surface area (Å²) in [6, 6.07) is 5.82. The van der Waals surface area contributed by atoms with Crippen molar-refractivity contribution in [1.29, 1.82) is 0 Å². The van der Waals surface area contributed by atoms with Crippen molar-refractivity contribution in [3.63, 3.8) is 0 Å². The van der Waals surface area contributed by atoms with Crippen molar-refractivity contribution in [2.24, 2.45) is 7.05 Å². The number of methoxy groups -OCH3 is 1. The Balaban J connectivity index is 2.02. The lowest BCUT2D eigenvalue weighted by Crippen LogP contribution is -2.27. The Labute approximate surface area is 183 Å². The summed E-state index contributed by atoms with van der Waals surface area (Å²) < 4.78 is 33.6. The minimum Gasteiger partial charge on any atom is -0.469 e. The van der Waals surface area contributed by atoms with E-state index in [4.69, 9.17) is 34.8 Å². The van der Waals surface area contributed by atoms with Crippen LogP contribution in [0, 0.1) is 0 Å². The topological polar surface area (TPSA) is 94.5 Å². The summed E-state index contributed by atoms with van der Waals surface area (Å²) in [5.41, 5.74) is 1.17. The van der Waals surface area contributed by atoms with Gasteiger partial charge in [0.25, 0.3) is 0 Å². The molecule has 0 unspecified atom stereocenters. The van der Waals surface area contributed by atoms with E-state index in [1.54, 1.807) is 23.7 Å². The molecule has 0 saturated heterocycles. The Bertz CT molecular complexity index is 1030. The van der Waals surface area contributed by atoms with Crippen LogP contribution in [0.15, 0.2) is 29.2 Å². The van der Waals surface area contributed by atoms with Crippen LogP contribution in [0.1, 0.15) is 29.0 Å². The van der Waals surface area contributed by atoms with Crippen molar-refractivity contribution >= 4 is 56.6 Å². The molecule has 11 heteroatoms. The fraction of sp³-hybridized carbons (Fsp3) is 0.333. The van der Waals surface area contributed by atoms with E-state index in [0.717, 1.165) is 5.69 Å². The van der Waals surface area contributed by atoms with Crippen molar-refractivity contribution in [3.8, 4) is 0 Å². The van der Waals surface area contributed by atoms with E-state index in [9.17, 15) is 18.0 Å². The highest BCUT2D eigenvalue weighted by Crippen LogP contribution is 2.31. The van der Waals surface area contributed by atoms with E-state index in [-0.39, 0.29) is 45.1 Å². The first-order chi connectivity index (χ1) is 13.6. The molecular weight excluding hydrogens is 463 g/mol. The van der Waals surface area contributed by atoms with E-state index in [1.165, 1.54) is 19.2 Å². The fourth-order valence-corrected chi connectivity index (χ4v) is 4.66. The van der Waals surface area contributed by atoms with Gasteiger partial charge in [0.2, 0.25) is 10.0 Å². The number of aromatic nitrogens is 1. The molecule has 0 amide bonds. The Kier molecular flexibility index (Phi) is 8.13. The van der Waals surface area contributed by atoms with Gasteiger partial charge in [0.1, 0.15) is 4.90 Å². The van der Waals surface area contributed by atoms with Crippen molar-refractivity contribution in [1.82, 2.24) is 9.29 Å². The van der Waals surface area contributed by atoms with Crippen LogP contribution in [-0.2, 0) is 33.0 Å². The molecule has 0 atom stereocenters. The second kappa shape index (κ2) is 9.95. The first-order valence-electron chi connectivity index (χ1n) is 8.45. The predicted octanol–water partition coefficient (Wildman–Crippen LogP) is 3.64. The van der Waals surface area contributed by atoms with E-state index < -0.39 is 16.0 Å². The number of carbonyl (C=O) groups excluding carboxylic acids is 2. The normalized spacial score (nSPS) is 11.5. The predicted molar refractivity (Wildman–Crippen MR) is 111 cm³/mol. The van der Waals surface area contributed by atoms with E-state index in [0.29, 0.717) is 12.1 Å². The molecule has 0 spiro atoms. The molecule has 0 aliphatic carbocycles. The van der Waals surface area contributed by atoms with Crippen LogP contribution >= 0.6 is 34.8 Å². The van der Waals surface area contributed by atoms with Gasteiger partial charge in [-0.25, -0.2) is 13.1 Å². The van der Waals surface area contributed by atoms with Crippen LogP contribution in [0.25, 0.3) is 0 Å². The molecular formula is C18H19Cl3N2O5S. The number of halogens is 3. The van der Waals surface area contributed by atoms with Crippen molar-refractivity contribution < 1.29 is 22.7 Å². The van der Waals surface area contributed by atoms with Gasteiger partial charge in [0.05, 0.1) is 34.3 Å². The number of hydrogen-bond acceptors (Lipinski definition) is 5. The Hall–Kier alpha value is -1.58. The minimum absolute atomic E-state index is 0.0000565. The van der Waals surface area contributed by atoms with Gasteiger partial charge in [-0.15, -0.1) is 0 Å². The number of Topliss-reactive ketones (excluding diaryl/α,β-unsaturated/α-hetero) is 1. The summed E-state index contributed by atoms with van der Waals surface area (Å²) in [7, 11) is -0.933. The smallest absolute Gasteiger partial charge is 0.305 e. The molecule has 0 fully saturated rings. The lowest BCUT2D eigenvalue weighted by atomic mass is 10.2. The van der Waals surface area contributed by atoms with Gasteiger partial charge >= 0.3 is 5.97 Å². The zero-order valence-electron chi connectivity index (χ0n) is 15.7. The molecule has 0 bridgehead atoms. The summed E-state index contributed by atoms with van der Waals surface area (Å²) >= 11 is 17.7. The number of carbonyl (C=O) groups is 2. The van der Waals surface area contributed by atoms with Crippen molar-refractivity contribution in [3.05, 3.63) is 50.7 Å². The van der Waals surface area contributed by atoms with E-state index in [1.807, 2.05) is 0 Å². The molecule has 0 aliphatic heterocycles. The highest BCUT2D eigenvalue weighted by molar-refractivity contribution is 7.89. The van der Waals surface area contributed by atoms with Crippen LogP contribution in [0.3, 0.4) is 0 Å². The van der Waals surface area contributed by atoms with Gasteiger partial charge in [-0.3, -0.25) is 9.59 Å². The maximum absolute atomic E-state index is 12.5. The maximum atomic E-state index is 12.5. The van der Waals surface area contributed by atoms with Crippen LogP contribution in [0.5, 0.6) is 0 Å². The number of sulfonamides is 1. The largest absolute Gasteiger partial charge is 0.469 e. The number of rotatable bonds is 9. The summed E-state index contributed by atoms with van der Waals surface area (Å²) in [5.74, 6) is -0.657. The molecule has 0 radical (unpaired) electrons. The molecule has 1 N–H and O–H groups in total. The number of nitrogens with zero attached hydrogens (tertiary/aromatic N) is 1. The quantitative estimate of drug-likeness (QED) is 0.335. The second-order valence-electron chi connectivity index (χ2n) is 6.11. The SMILES string of the molecule is COC(=O)CCC(=O)c1ccc(CCNS(=O)(=O)c2cc(Cl)c(Cl)cc2Cl)n1C. The van der Waals surface area contributed by atoms with Crippen molar-refractivity contribution in [2.75, 3.05) is 13.7 Å². The standard InChI is InChI=1S/C18H19Cl3N2O5S/c1-23-11(3-4-15(23)16(24)5-6-18(25)28-2)7-8-22-29(26,27)17-10-13(20)12(19)9-14(17)21/h3-4,9-10,22H,5-8H2,1-2H3. The molecule has 0 saturated carbocycles. The number of esters is 1. The van der Waals surface area contributed by atoms with Crippen LogP contribution in [0.4, 0.5) is 0 Å². The van der Waals surface area contributed by atoms with Gasteiger partial charge < -0.3 is 9.30 Å². The molecule has 1 aromatic heterocycles. The summed E-state index contributed by atoms with van der Waals surface area (Å²) in [4.78, 5) is 23.3. The molecule has 1 aromatic carbocycles. The van der Waals surface area contributed by atoms with Crippen molar-refractivity contribution in [2.45, 2.75) is 24.2 Å². The molecule has 29 heavy (non-hydrogen) atoms. The average molecular weight is 482 g/mol. The zero-order valence-corrected chi connectivity index (χ0v) is 18.8.